The van der Waals surface area contributed by atoms with Gasteiger partial charge in [-0.15, -0.1) is 11.8 Å². The summed E-state index contributed by atoms with van der Waals surface area (Å²) in [6.45, 7) is 1.31. The fourth-order valence-corrected chi connectivity index (χ4v) is 2.51. The van der Waals surface area contributed by atoms with Gasteiger partial charge in [0.05, 0.1) is 11.3 Å². The normalized spacial score (nSPS) is 10.3. The van der Waals surface area contributed by atoms with Crippen LogP contribution in [0.15, 0.2) is 29.2 Å². The summed E-state index contributed by atoms with van der Waals surface area (Å²) < 4.78 is 5.17. The average Bonchev–Trinajstić information content (AvgIpc) is 2.50. The Morgan fingerprint density at radius 2 is 1.78 bits per heavy atom. The molecule has 0 bridgehead atoms. The van der Waals surface area contributed by atoms with Crippen LogP contribution in [0.5, 0.6) is 0 Å². The molecule has 0 aliphatic heterocycles. The topological polar surface area (TPSA) is 134 Å². The van der Waals surface area contributed by atoms with E-state index in [1.807, 2.05) is 0 Å². The van der Waals surface area contributed by atoms with Gasteiger partial charge in [-0.1, -0.05) is 12.1 Å². The molecule has 0 unspecified atom stereocenters. The number of nitrogens with two attached hydrogens (primary N) is 2. The van der Waals surface area contributed by atoms with Crippen LogP contribution in [0.1, 0.15) is 23.1 Å². The number of benzene rings is 1. The van der Waals surface area contributed by atoms with Crippen molar-refractivity contribution in [3.05, 3.63) is 35.7 Å². The fourth-order valence-electron chi connectivity index (χ4n) is 1.67. The highest BCUT2D eigenvalue weighted by Crippen LogP contribution is 2.23. The van der Waals surface area contributed by atoms with Gasteiger partial charge in [-0.2, -0.15) is 15.0 Å². The number of ether oxygens (including phenoxy) is 1. The molecule has 0 aliphatic carbocycles. The number of carbonyl (C=O) groups excluding carboxylic acids is 2. The summed E-state index contributed by atoms with van der Waals surface area (Å²) in [5, 5.41) is 0. The zero-order valence-electron chi connectivity index (χ0n) is 12.4. The van der Waals surface area contributed by atoms with Gasteiger partial charge in [0.25, 0.3) is 0 Å². The van der Waals surface area contributed by atoms with E-state index in [1.54, 1.807) is 24.3 Å². The molecule has 23 heavy (non-hydrogen) atoms. The molecule has 0 saturated heterocycles. The van der Waals surface area contributed by atoms with Crippen molar-refractivity contribution in [3.63, 3.8) is 0 Å². The Bertz CT molecular complexity index is 718. The van der Waals surface area contributed by atoms with E-state index in [1.165, 1.54) is 18.7 Å². The molecule has 1 heterocycles. The number of hydrogen-bond donors (Lipinski definition) is 2. The zero-order chi connectivity index (χ0) is 16.8. The lowest BCUT2D eigenvalue weighted by atomic mass is 10.2. The summed E-state index contributed by atoms with van der Waals surface area (Å²) in [6, 6.07) is 6.88. The number of carbonyl (C=O) groups is 2. The molecular formula is C14H15N5O3S. The van der Waals surface area contributed by atoms with Gasteiger partial charge in [0.15, 0.2) is 12.4 Å². The standard InChI is InChI=1S/C14H15N5O3S/c1-8(20)7-23-10-5-3-2-4-9(10)12(21)22-6-11-17-13(15)19-14(16)18-11/h2-5H,6-7H2,1H3,(H4,15,16,17,18,19). The molecule has 2 rings (SSSR count). The van der Waals surface area contributed by atoms with E-state index in [-0.39, 0.29) is 35.9 Å². The van der Waals surface area contributed by atoms with Crippen molar-refractivity contribution < 1.29 is 14.3 Å². The van der Waals surface area contributed by atoms with Crippen molar-refractivity contribution in [1.29, 1.82) is 0 Å². The molecule has 0 amide bonds. The highest BCUT2D eigenvalue weighted by Gasteiger charge is 2.14. The van der Waals surface area contributed by atoms with Gasteiger partial charge in [0.1, 0.15) is 5.78 Å². The first-order chi connectivity index (χ1) is 11.0. The molecule has 0 radical (unpaired) electrons. The van der Waals surface area contributed by atoms with Crippen molar-refractivity contribution in [3.8, 4) is 0 Å². The van der Waals surface area contributed by atoms with Crippen LogP contribution in [-0.2, 0) is 16.1 Å². The SMILES string of the molecule is CC(=O)CSc1ccccc1C(=O)OCc1nc(N)nc(N)n1. The third-order valence-corrected chi connectivity index (χ3v) is 3.80. The van der Waals surface area contributed by atoms with E-state index in [2.05, 4.69) is 15.0 Å². The largest absolute Gasteiger partial charge is 0.454 e. The van der Waals surface area contributed by atoms with Crippen LogP contribution >= 0.6 is 11.8 Å². The molecule has 1 aromatic carbocycles. The quantitative estimate of drug-likeness (QED) is 0.588. The fraction of sp³-hybridized carbons (Fsp3) is 0.214. The smallest absolute Gasteiger partial charge is 0.339 e. The molecule has 0 spiro atoms. The second kappa shape index (κ2) is 7.54. The van der Waals surface area contributed by atoms with Gasteiger partial charge in [-0.05, 0) is 19.1 Å². The lowest BCUT2D eigenvalue weighted by Crippen LogP contribution is -2.11. The predicted molar refractivity (Wildman–Crippen MR) is 85.6 cm³/mol. The van der Waals surface area contributed by atoms with Gasteiger partial charge in [-0.25, -0.2) is 4.79 Å². The Kier molecular flexibility index (Phi) is 5.47. The molecule has 4 N–H and O–H groups in total. The van der Waals surface area contributed by atoms with Crippen LogP contribution in [0.25, 0.3) is 0 Å². The van der Waals surface area contributed by atoms with E-state index in [0.717, 1.165) is 0 Å². The number of nitrogens with zero attached hydrogens (tertiary/aromatic N) is 3. The number of hydrogen-bond acceptors (Lipinski definition) is 9. The second-order valence-electron chi connectivity index (χ2n) is 4.53. The van der Waals surface area contributed by atoms with E-state index in [4.69, 9.17) is 16.2 Å². The maximum Gasteiger partial charge on any atom is 0.339 e. The van der Waals surface area contributed by atoms with Crippen molar-refractivity contribution in [1.82, 2.24) is 15.0 Å². The number of esters is 1. The molecule has 0 fully saturated rings. The zero-order valence-corrected chi connectivity index (χ0v) is 13.2. The van der Waals surface area contributed by atoms with Crippen LogP contribution in [0, 0.1) is 0 Å². The number of rotatable bonds is 6. The Balaban J connectivity index is 2.07. The molecule has 0 aliphatic rings. The van der Waals surface area contributed by atoms with Crippen LogP contribution in [0.4, 0.5) is 11.9 Å². The number of nitrogen functional groups attached to an aromatic ring is 2. The molecule has 8 nitrogen and oxygen atoms in total. The van der Waals surface area contributed by atoms with Crippen molar-refractivity contribution in [2.24, 2.45) is 0 Å². The van der Waals surface area contributed by atoms with E-state index >= 15 is 0 Å². The van der Waals surface area contributed by atoms with Crippen molar-refractivity contribution >= 4 is 35.4 Å². The molecule has 0 saturated carbocycles. The Morgan fingerprint density at radius 3 is 2.43 bits per heavy atom. The molecule has 0 atom stereocenters. The number of thioether (sulfide) groups is 1. The van der Waals surface area contributed by atoms with Crippen molar-refractivity contribution in [2.45, 2.75) is 18.4 Å². The first kappa shape index (κ1) is 16.7. The Morgan fingerprint density at radius 1 is 1.13 bits per heavy atom. The maximum absolute atomic E-state index is 12.2. The second-order valence-corrected chi connectivity index (χ2v) is 5.55. The van der Waals surface area contributed by atoms with E-state index in [0.29, 0.717) is 10.5 Å². The number of aromatic nitrogens is 3. The van der Waals surface area contributed by atoms with Gasteiger partial charge in [0.2, 0.25) is 11.9 Å². The Hall–Kier alpha value is -2.68. The highest BCUT2D eigenvalue weighted by molar-refractivity contribution is 8.00. The summed E-state index contributed by atoms with van der Waals surface area (Å²) in [5.74, 6) is -0.159. The van der Waals surface area contributed by atoms with Crippen LogP contribution in [0.2, 0.25) is 0 Å². The van der Waals surface area contributed by atoms with Gasteiger partial charge < -0.3 is 16.2 Å². The third-order valence-electron chi connectivity index (χ3n) is 2.59. The molecule has 1 aromatic heterocycles. The van der Waals surface area contributed by atoms with Gasteiger partial charge >= 0.3 is 5.97 Å². The number of anilines is 2. The number of ketones is 1. The summed E-state index contributed by atoms with van der Waals surface area (Å²) in [7, 11) is 0. The minimum atomic E-state index is -0.547. The number of Topliss-reactive ketones (excluding diaryl/α,β-unsaturated/α-hetero) is 1. The minimum Gasteiger partial charge on any atom is -0.454 e. The summed E-state index contributed by atoms with van der Waals surface area (Å²) in [4.78, 5) is 35.2. The van der Waals surface area contributed by atoms with E-state index in [9.17, 15) is 9.59 Å². The molecular weight excluding hydrogens is 318 g/mol. The molecule has 120 valence electrons. The van der Waals surface area contributed by atoms with E-state index < -0.39 is 5.97 Å². The molecule has 9 heteroatoms. The predicted octanol–water partition coefficient (Wildman–Crippen LogP) is 1.07. The van der Waals surface area contributed by atoms with Gasteiger partial charge in [-0.3, -0.25) is 4.79 Å². The Labute approximate surface area is 136 Å². The third kappa shape index (κ3) is 4.92. The first-order valence-corrected chi connectivity index (χ1v) is 7.58. The van der Waals surface area contributed by atoms with Gasteiger partial charge in [0, 0.05) is 4.90 Å². The van der Waals surface area contributed by atoms with Crippen LogP contribution < -0.4 is 11.5 Å². The van der Waals surface area contributed by atoms with Crippen molar-refractivity contribution in [2.75, 3.05) is 17.2 Å². The monoisotopic (exact) mass is 333 g/mol. The minimum absolute atomic E-state index is 0.0225. The first-order valence-electron chi connectivity index (χ1n) is 6.60. The van der Waals surface area contributed by atoms with Crippen LogP contribution in [-0.4, -0.2) is 32.5 Å². The maximum atomic E-state index is 12.2. The summed E-state index contributed by atoms with van der Waals surface area (Å²) >= 11 is 1.28. The lowest BCUT2D eigenvalue weighted by Gasteiger charge is -2.08. The lowest BCUT2D eigenvalue weighted by molar-refractivity contribution is -0.114. The average molecular weight is 333 g/mol. The summed E-state index contributed by atoms with van der Waals surface area (Å²) in [5.41, 5.74) is 11.3. The van der Waals surface area contributed by atoms with Crippen LogP contribution in [0.3, 0.4) is 0 Å². The molecule has 2 aromatic rings. The highest BCUT2D eigenvalue weighted by atomic mass is 32.2. The summed E-state index contributed by atoms with van der Waals surface area (Å²) in [6.07, 6.45) is 0.